The van der Waals surface area contributed by atoms with Crippen LogP contribution in [0.25, 0.3) is 0 Å². The summed E-state index contributed by atoms with van der Waals surface area (Å²) in [6, 6.07) is 3.53. The average Bonchev–Trinajstić information content (AvgIpc) is 2.35. The SMILES string of the molecule is CC(C)[C@@H](N)C(=O)N(Cc1cccnc1)C(C)C. The number of nitrogens with two attached hydrogens (primary N) is 1. The van der Waals surface area contributed by atoms with Crippen molar-refractivity contribution in [3.63, 3.8) is 0 Å². The lowest BCUT2D eigenvalue weighted by atomic mass is 10.0. The van der Waals surface area contributed by atoms with Gasteiger partial charge < -0.3 is 10.6 Å². The molecule has 0 spiro atoms. The minimum absolute atomic E-state index is 0.00357. The lowest BCUT2D eigenvalue weighted by molar-refractivity contribution is -0.136. The topological polar surface area (TPSA) is 59.2 Å². The van der Waals surface area contributed by atoms with E-state index in [0.717, 1.165) is 5.56 Å². The van der Waals surface area contributed by atoms with Gasteiger partial charge in [0.1, 0.15) is 0 Å². The van der Waals surface area contributed by atoms with E-state index in [0.29, 0.717) is 6.54 Å². The number of nitrogens with zero attached hydrogens (tertiary/aromatic N) is 2. The van der Waals surface area contributed by atoms with Crippen LogP contribution >= 0.6 is 0 Å². The largest absolute Gasteiger partial charge is 0.335 e. The molecule has 1 amide bonds. The van der Waals surface area contributed by atoms with E-state index in [-0.39, 0.29) is 17.9 Å². The molecule has 4 nitrogen and oxygen atoms in total. The number of pyridine rings is 1. The molecule has 0 aliphatic rings. The fourth-order valence-corrected chi connectivity index (χ4v) is 1.68. The highest BCUT2D eigenvalue weighted by Gasteiger charge is 2.25. The van der Waals surface area contributed by atoms with E-state index in [4.69, 9.17) is 5.73 Å². The molecule has 0 saturated carbocycles. The lowest BCUT2D eigenvalue weighted by Crippen LogP contribution is -2.48. The van der Waals surface area contributed by atoms with E-state index < -0.39 is 6.04 Å². The highest BCUT2D eigenvalue weighted by atomic mass is 16.2. The van der Waals surface area contributed by atoms with Gasteiger partial charge in [0.05, 0.1) is 6.04 Å². The van der Waals surface area contributed by atoms with Gasteiger partial charge in [-0.1, -0.05) is 19.9 Å². The van der Waals surface area contributed by atoms with Crippen LogP contribution < -0.4 is 5.73 Å². The van der Waals surface area contributed by atoms with Gasteiger partial charge in [0.2, 0.25) is 5.91 Å². The van der Waals surface area contributed by atoms with Crippen molar-refractivity contribution in [3.8, 4) is 0 Å². The van der Waals surface area contributed by atoms with Crippen LogP contribution in [0.15, 0.2) is 24.5 Å². The minimum Gasteiger partial charge on any atom is -0.335 e. The van der Waals surface area contributed by atoms with Gasteiger partial charge in [-0.15, -0.1) is 0 Å². The molecular weight excluding hydrogens is 226 g/mol. The van der Waals surface area contributed by atoms with E-state index in [2.05, 4.69) is 4.98 Å². The zero-order valence-corrected chi connectivity index (χ0v) is 11.6. The van der Waals surface area contributed by atoms with Crippen molar-refractivity contribution in [2.45, 2.75) is 46.3 Å². The Bertz CT molecular complexity index is 376. The molecule has 2 N–H and O–H groups in total. The highest BCUT2D eigenvalue weighted by Crippen LogP contribution is 2.11. The van der Waals surface area contributed by atoms with Crippen LogP contribution in [0.2, 0.25) is 0 Å². The molecule has 18 heavy (non-hydrogen) atoms. The van der Waals surface area contributed by atoms with Gasteiger partial charge in [-0.3, -0.25) is 9.78 Å². The van der Waals surface area contributed by atoms with Crippen LogP contribution in [0.5, 0.6) is 0 Å². The molecule has 100 valence electrons. The second-order valence-electron chi connectivity index (χ2n) is 5.19. The Kier molecular flexibility index (Phi) is 5.28. The number of amides is 1. The van der Waals surface area contributed by atoms with E-state index in [9.17, 15) is 4.79 Å². The molecule has 4 heteroatoms. The third kappa shape index (κ3) is 3.81. The standard InChI is InChI=1S/C14H23N3O/c1-10(2)13(15)14(18)17(11(3)4)9-12-6-5-7-16-8-12/h5-8,10-11,13H,9,15H2,1-4H3/t13-/m1/s1. The normalized spacial score (nSPS) is 12.8. The van der Waals surface area contributed by atoms with Gasteiger partial charge in [-0.25, -0.2) is 0 Å². The molecule has 1 atom stereocenters. The van der Waals surface area contributed by atoms with E-state index in [1.54, 1.807) is 12.4 Å². The maximum absolute atomic E-state index is 12.3. The number of aromatic nitrogens is 1. The molecule has 0 fully saturated rings. The second-order valence-corrected chi connectivity index (χ2v) is 5.19. The summed E-state index contributed by atoms with van der Waals surface area (Å²) in [5, 5.41) is 0. The fourth-order valence-electron chi connectivity index (χ4n) is 1.68. The van der Waals surface area contributed by atoms with Crippen molar-refractivity contribution >= 4 is 5.91 Å². The summed E-state index contributed by atoms with van der Waals surface area (Å²) in [4.78, 5) is 18.2. The predicted molar refractivity (Wildman–Crippen MR) is 72.7 cm³/mol. The van der Waals surface area contributed by atoms with E-state index >= 15 is 0 Å². The van der Waals surface area contributed by atoms with Gasteiger partial charge in [-0.05, 0) is 31.4 Å². The third-order valence-electron chi connectivity index (χ3n) is 2.99. The number of carbonyl (C=O) groups excluding carboxylic acids is 1. The molecule has 1 aromatic rings. The fraction of sp³-hybridized carbons (Fsp3) is 0.571. The van der Waals surface area contributed by atoms with Gasteiger partial charge in [0.25, 0.3) is 0 Å². The number of hydrogen-bond acceptors (Lipinski definition) is 3. The number of carbonyl (C=O) groups is 1. The summed E-state index contributed by atoms with van der Waals surface area (Å²) in [6.45, 7) is 8.49. The van der Waals surface area contributed by atoms with Crippen LogP contribution in [0, 0.1) is 5.92 Å². The first kappa shape index (κ1) is 14.6. The zero-order valence-electron chi connectivity index (χ0n) is 11.6. The van der Waals surface area contributed by atoms with Crippen molar-refractivity contribution < 1.29 is 4.79 Å². The molecule has 0 unspecified atom stereocenters. The molecule has 0 bridgehead atoms. The van der Waals surface area contributed by atoms with Crippen LogP contribution in [-0.2, 0) is 11.3 Å². The van der Waals surface area contributed by atoms with E-state index in [1.165, 1.54) is 0 Å². The van der Waals surface area contributed by atoms with E-state index in [1.807, 2.05) is 44.7 Å². The first-order valence-corrected chi connectivity index (χ1v) is 6.38. The maximum atomic E-state index is 12.3. The summed E-state index contributed by atoms with van der Waals surface area (Å²) < 4.78 is 0. The molecule has 1 rings (SSSR count). The van der Waals surface area contributed by atoms with Crippen LogP contribution in [-0.4, -0.2) is 27.9 Å². The molecule has 1 aromatic heterocycles. The summed E-state index contributed by atoms with van der Waals surface area (Å²) in [7, 11) is 0. The van der Waals surface area contributed by atoms with Crippen molar-refractivity contribution in [2.24, 2.45) is 11.7 Å². The zero-order chi connectivity index (χ0) is 13.7. The maximum Gasteiger partial charge on any atom is 0.240 e. The summed E-state index contributed by atoms with van der Waals surface area (Å²) in [6.07, 6.45) is 3.51. The quantitative estimate of drug-likeness (QED) is 0.865. The third-order valence-corrected chi connectivity index (χ3v) is 2.99. The Labute approximate surface area is 109 Å². The Morgan fingerprint density at radius 2 is 2.06 bits per heavy atom. The Morgan fingerprint density at radius 3 is 2.50 bits per heavy atom. The first-order valence-electron chi connectivity index (χ1n) is 6.38. The molecule has 0 aromatic carbocycles. The lowest BCUT2D eigenvalue weighted by Gasteiger charge is -2.30. The van der Waals surface area contributed by atoms with Crippen LogP contribution in [0.4, 0.5) is 0 Å². The molecule has 1 heterocycles. The van der Waals surface area contributed by atoms with Gasteiger partial charge in [0, 0.05) is 25.0 Å². The Hall–Kier alpha value is -1.42. The molecule has 0 aliphatic carbocycles. The van der Waals surface area contributed by atoms with Crippen LogP contribution in [0.3, 0.4) is 0 Å². The highest BCUT2D eigenvalue weighted by molar-refractivity contribution is 5.82. The first-order chi connectivity index (χ1) is 8.43. The number of rotatable bonds is 5. The minimum atomic E-state index is -0.441. The predicted octanol–water partition coefficient (Wildman–Crippen LogP) is 1.80. The average molecular weight is 249 g/mol. The Morgan fingerprint density at radius 1 is 1.39 bits per heavy atom. The monoisotopic (exact) mass is 249 g/mol. The number of hydrogen-bond donors (Lipinski definition) is 1. The van der Waals surface area contributed by atoms with Gasteiger partial charge in [-0.2, -0.15) is 0 Å². The summed E-state index contributed by atoms with van der Waals surface area (Å²) in [5.74, 6) is 0.150. The van der Waals surface area contributed by atoms with Gasteiger partial charge >= 0.3 is 0 Å². The Balaban J connectivity index is 2.81. The van der Waals surface area contributed by atoms with Crippen LogP contribution in [0.1, 0.15) is 33.3 Å². The molecule has 0 saturated heterocycles. The van der Waals surface area contributed by atoms with Crippen molar-refractivity contribution in [1.29, 1.82) is 0 Å². The molecule has 0 radical (unpaired) electrons. The van der Waals surface area contributed by atoms with Crippen molar-refractivity contribution in [3.05, 3.63) is 30.1 Å². The molecular formula is C14H23N3O. The summed E-state index contributed by atoms with van der Waals surface area (Å²) in [5.41, 5.74) is 6.97. The molecule has 0 aliphatic heterocycles. The summed E-state index contributed by atoms with van der Waals surface area (Å²) >= 11 is 0. The smallest absolute Gasteiger partial charge is 0.240 e. The van der Waals surface area contributed by atoms with Gasteiger partial charge in [0.15, 0.2) is 0 Å². The van der Waals surface area contributed by atoms with Crippen molar-refractivity contribution in [2.75, 3.05) is 0 Å². The van der Waals surface area contributed by atoms with Crippen molar-refractivity contribution in [1.82, 2.24) is 9.88 Å². The second kappa shape index (κ2) is 6.50.